The van der Waals surface area contributed by atoms with Crippen LogP contribution >= 0.6 is 0 Å². The average Bonchev–Trinajstić information content (AvgIpc) is 2.78. The molecule has 7 nitrogen and oxygen atoms in total. The zero-order valence-electron chi connectivity index (χ0n) is 16.7. The van der Waals surface area contributed by atoms with Gasteiger partial charge in [0, 0.05) is 6.54 Å². The first-order valence-corrected chi connectivity index (χ1v) is 9.23. The second-order valence-electron chi connectivity index (χ2n) is 6.44. The fraction of sp³-hybridized carbons (Fsp3) is 0.227. The van der Waals surface area contributed by atoms with Crippen molar-refractivity contribution in [2.75, 3.05) is 19.5 Å². The number of amides is 1. The molecule has 1 unspecified atom stereocenters. The highest BCUT2D eigenvalue weighted by Gasteiger charge is 2.13. The minimum Gasteiger partial charge on any atom is -0.493 e. The Morgan fingerprint density at radius 3 is 2.41 bits per heavy atom. The molecule has 0 saturated heterocycles. The lowest BCUT2D eigenvalue weighted by atomic mass is 10.1. The second-order valence-corrected chi connectivity index (χ2v) is 6.44. The standard InChI is InChI=1S/C22H24N4O3/c1-15(17-7-5-4-6-8-17)26-22(27)18-13-25-21(14-23-18)24-12-16-9-10-19(28-2)20(11-16)29-3/h4-11,13-15H,12H2,1-3H3,(H,24,25)(H,26,27). The quantitative estimate of drug-likeness (QED) is 0.609. The Hall–Kier alpha value is -3.61. The third kappa shape index (κ3) is 5.22. The van der Waals surface area contributed by atoms with Crippen LogP contribution in [0.4, 0.5) is 5.82 Å². The number of nitrogens with one attached hydrogen (secondary N) is 2. The summed E-state index contributed by atoms with van der Waals surface area (Å²) in [7, 11) is 3.20. The molecular weight excluding hydrogens is 368 g/mol. The maximum atomic E-state index is 12.4. The maximum absolute atomic E-state index is 12.4. The van der Waals surface area contributed by atoms with Crippen LogP contribution in [0, 0.1) is 0 Å². The van der Waals surface area contributed by atoms with E-state index >= 15 is 0 Å². The molecule has 29 heavy (non-hydrogen) atoms. The van der Waals surface area contributed by atoms with Crippen LogP contribution in [0.15, 0.2) is 60.9 Å². The van der Waals surface area contributed by atoms with Gasteiger partial charge in [0.25, 0.3) is 5.91 Å². The van der Waals surface area contributed by atoms with E-state index in [2.05, 4.69) is 20.6 Å². The number of aromatic nitrogens is 2. The van der Waals surface area contributed by atoms with Crippen LogP contribution in [0.5, 0.6) is 11.5 Å². The van der Waals surface area contributed by atoms with Gasteiger partial charge >= 0.3 is 0 Å². The van der Waals surface area contributed by atoms with Crippen LogP contribution in [0.3, 0.4) is 0 Å². The van der Waals surface area contributed by atoms with Crippen LogP contribution in [0.2, 0.25) is 0 Å². The highest BCUT2D eigenvalue weighted by atomic mass is 16.5. The molecule has 2 N–H and O–H groups in total. The summed E-state index contributed by atoms with van der Waals surface area (Å²) in [5.74, 6) is 1.65. The topological polar surface area (TPSA) is 85.4 Å². The molecule has 0 aliphatic heterocycles. The molecule has 0 spiro atoms. The van der Waals surface area contributed by atoms with E-state index in [1.54, 1.807) is 20.4 Å². The van der Waals surface area contributed by atoms with Crippen molar-refractivity contribution in [1.29, 1.82) is 0 Å². The Bertz CT molecular complexity index is 946. The predicted molar refractivity (Wildman–Crippen MR) is 111 cm³/mol. The number of hydrogen-bond donors (Lipinski definition) is 2. The number of carbonyl (C=O) groups is 1. The van der Waals surface area contributed by atoms with Crippen LogP contribution in [0.25, 0.3) is 0 Å². The van der Waals surface area contributed by atoms with Gasteiger partial charge in [-0.3, -0.25) is 4.79 Å². The van der Waals surface area contributed by atoms with Crippen molar-refractivity contribution in [3.8, 4) is 11.5 Å². The summed E-state index contributed by atoms with van der Waals surface area (Å²) in [6.45, 7) is 2.46. The number of hydrogen-bond acceptors (Lipinski definition) is 6. The summed E-state index contributed by atoms with van der Waals surface area (Å²) in [6.07, 6.45) is 3.01. The number of rotatable bonds is 8. The molecule has 0 radical (unpaired) electrons. The summed E-state index contributed by atoms with van der Waals surface area (Å²) >= 11 is 0. The minimum absolute atomic E-state index is 0.117. The van der Waals surface area contributed by atoms with Crippen molar-refractivity contribution in [3.05, 3.63) is 77.7 Å². The summed E-state index contributed by atoms with van der Waals surface area (Å²) in [6, 6.07) is 15.3. The van der Waals surface area contributed by atoms with Gasteiger partial charge in [-0.2, -0.15) is 0 Å². The van der Waals surface area contributed by atoms with E-state index in [0.717, 1.165) is 11.1 Å². The van der Waals surface area contributed by atoms with Crippen LogP contribution in [-0.4, -0.2) is 30.1 Å². The molecule has 1 heterocycles. The molecule has 0 saturated carbocycles. The van der Waals surface area contributed by atoms with Crippen molar-refractivity contribution in [1.82, 2.24) is 15.3 Å². The average molecular weight is 392 g/mol. The lowest BCUT2D eigenvalue weighted by Gasteiger charge is -2.14. The van der Waals surface area contributed by atoms with Crippen LogP contribution in [-0.2, 0) is 6.54 Å². The Balaban J connectivity index is 1.58. The summed E-state index contributed by atoms with van der Waals surface area (Å²) < 4.78 is 10.5. The van der Waals surface area contributed by atoms with Crippen molar-refractivity contribution in [2.45, 2.75) is 19.5 Å². The fourth-order valence-electron chi connectivity index (χ4n) is 2.82. The molecule has 7 heteroatoms. The van der Waals surface area contributed by atoms with Gasteiger partial charge in [-0.1, -0.05) is 36.4 Å². The molecule has 150 valence electrons. The van der Waals surface area contributed by atoms with Gasteiger partial charge in [0.1, 0.15) is 11.5 Å². The molecule has 1 amide bonds. The van der Waals surface area contributed by atoms with Gasteiger partial charge in [0.05, 0.1) is 32.7 Å². The van der Waals surface area contributed by atoms with E-state index in [1.165, 1.54) is 6.20 Å². The molecule has 3 rings (SSSR count). The molecule has 0 aliphatic carbocycles. The number of benzene rings is 2. The largest absolute Gasteiger partial charge is 0.493 e. The van der Waals surface area contributed by atoms with Crippen molar-refractivity contribution in [3.63, 3.8) is 0 Å². The monoisotopic (exact) mass is 392 g/mol. The maximum Gasteiger partial charge on any atom is 0.271 e. The van der Waals surface area contributed by atoms with E-state index < -0.39 is 0 Å². The third-order valence-electron chi connectivity index (χ3n) is 4.45. The van der Waals surface area contributed by atoms with E-state index in [1.807, 2.05) is 55.5 Å². The van der Waals surface area contributed by atoms with Crippen LogP contribution in [0.1, 0.15) is 34.6 Å². The Morgan fingerprint density at radius 1 is 1.00 bits per heavy atom. The highest BCUT2D eigenvalue weighted by Crippen LogP contribution is 2.27. The number of carbonyl (C=O) groups excluding carboxylic acids is 1. The van der Waals surface area contributed by atoms with E-state index in [-0.39, 0.29) is 17.6 Å². The van der Waals surface area contributed by atoms with Gasteiger partial charge < -0.3 is 20.1 Å². The fourth-order valence-corrected chi connectivity index (χ4v) is 2.82. The summed E-state index contributed by atoms with van der Waals surface area (Å²) in [5.41, 5.74) is 2.30. The van der Waals surface area contributed by atoms with E-state index in [4.69, 9.17) is 9.47 Å². The van der Waals surface area contributed by atoms with Crippen LogP contribution < -0.4 is 20.1 Å². The Morgan fingerprint density at radius 2 is 1.76 bits per heavy atom. The molecule has 1 aromatic heterocycles. The first kappa shape index (κ1) is 20.1. The number of methoxy groups -OCH3 is 2. The normalized spacial score (nSPS) is 11.4. The van der Waals surface area contributed by atoms with E-state index in [9.17, 15) is 4.79 Å². The number of nitrogens with zero attached hydrogens (tertiary/aromatic N) is 2. The second kappa shape index (κ2) is 9.54. The smallest absolute Gasteiger partial charge is 0.271 e. The predicted octanol–water partition coefficient (Wildman–Crippen LogP) is 3.60. The molecule has 0 aliphatic rings. The number of ether oxygens (including phenoxy) is 2. The molecule has 1 atom stereocenters. The molecule has 3 aromatic rings. The van der Waals surface area contributed by atoms with Gasteiger partial charge in [-0.05, 0) is 30.2 Å². The number of anilines is 1. The van der Waals surface area contributed by atoms with Crippen molar-refractivity contribution < 1.29 is 14.3 Å². The zero-order chi connectivity index (χ0) is 20.6. The lowest BCUT2D eigenvalue weighted by Crippen LogP contribution is -2.27. The SMILES string of the molecule is COc1ccc(CNc2cnc(C(=O)NC(C)c3ccccc3)cn2)cc1OC. The lowest BCUT2D eigenvalue weighted by molar-refractivity contribution is 0.0934. The van der Waals surface area contributed by atoms with Crippen molar-refractivity contribution in [2.24, 2.45) is 0 Å². The van der Waals surface area contributed by atoms with E-state index in [0.29, 0.717) is 23.9 Å². The first-order valence-electron chi connectivity index (χ1n) is 9.23. The van der Waals surface area contributed by atoms with Gasteiger partial charge in [-0.15, -0.1) is 0 Å². The summed E-state index contributed by atoms with van der Waals surface area (Å²) in [4.78, 5) is 20.9. The van der Waals surface area contributed by atoms with Gasteiger partial charge in [0.15, 0.2) is 11.5 Å². The Labute approximate surface area is 170 Å². The van der Waals surface area contributed by atoms with Crippen molar-refractivity contribution >= 4 is 11.7 Å². The molecule has 0 fully saturated rings. The molecular formula is C22H24N4O3. The Kier molecular flexibility index (Phi) is 6.63. The summed E-state index contributed by atoms with van der Waals surface area (Å²) in [5, 5.41) is 6.11. The third-order valence-corrected chi connectivity index (χ3v) is 4.45. The zero-order valence-corrected chi connectivity index (χ0v) is 16.7. The highest BCUT2D eigenvalue weighted by molar-refractivity contribution is 5.92. The molecule has 2 aromatic carbocycles. The van der Waals surface area contributed by atoms with Gasteiger partial charge in [0.2, 0.25) is 0 Å². The first-order chi connectivity index (χ1) is 14.1. The van der Waals surface area contributed by atoms with Gasteiger partial charge in [-0.25, -0.2) is 9.97 Å². The molecule has 0 bridgehead atoms. The minimum atomic E-state index is -0.264.